The summed E-state index contributed by atoms with van der Waals surface area (Å²) in [7, 11) is 1.68. The van der Waals surface area contributed by atoms with Crippen molar-refractivity contribution in [2.75, 3.05) is 25.7 Å². The molecular formula is C62H131BBr2F9K3LiNa2O10. The largest absolute Gasteiger partial charge is 1.00 e. The molecule has 0 unspecified atom stereocenters. The number of allylic oxidation sites excluding steroid dienone is 5. The molecule has 0 bridgehead atoms. The first-order chi connectivity index (χ1) is 37.5. The first kappa shape index (κ1) is 199. The Morgan fingerprint density at radius 2 is 0.756 bits per heavy atom. The van der Waals surface area contributed by atoms with Crippen LogP contribution in [0.2, 0.25) is 0 Å². The molecular weight excluding hydrogens is 1420 g/mol. The van der Waals surface area contributed by atoms with Gasteiger partial charge in [-0.2, -0.15) is 32.8 Å². The number of rotatable bonds is 7. The summed E-state index contributed by atoms with van der Waals surface area (Å²) in [4.78, 5) is 29.2. The molecule has 0 aromatic heterocycles. The van der Waals surface area contributed by atoms with Gasteiger partial charge in [-0.1, -0.05) is 192 Å². The van der Waals surface area contributed by atoms with Crippen molar-refractivity contribution in [1.29, 1.82) is 0 Å². The van der Waals surface area contributed by atoms with Gasteiger partial charge in [0.25, 0.3) is 6.47 Å². The van der Waals surface area contributed by atoms with Crippen LogP contribution in [0.4, 0.5) is 39.5 Å². The van der Waals surface area contributed by atoms with Crippen LogP contribution in [-0.2, 0) is 24.0 Å². The molecule has 0 aromatic carbocycles. The number of alkyl halides is 1. The molecule has 0 atom stereocenters. The standard InChI is InChI=1S/C6H12.C5H8O.C4H6F2.C4H9O.C4H10.C4H9.C4H6.C3H3F3.C3H8O.C3H6O.C3H4.C2H5Br.C2F4.C2H6O.C2H4O.5C2H6.CH2O3.B.BrH.3K.Li.2Na.H2O.2H/c1-3-5-6-4-2;1-4-5(2,3)6;1-3(5)4(2)6;1-4(2,3)5;3*1-3-4-2;1-2(4)3(5)6;1-3-4-2;1-2-3-4;1-3-2;1-2-3;3-1(4)2(5)6;2*1-2-3;5*1-2;2-1-4-3;;;;;;;;;;;/h5-6H,3-4H2,1-2H3;1,6H,2-3H3;1-2H3;1-3H3;3-4H2,1-2H3;1,3-4H2,2H3;1-2H3;1H3;3H2,1-2H3;3H,2H2,1H3;1H,2H3;2H2,1H3;;3H,2H2,1H3;2H,1H3;5*1-2H3;1,3H;;1H;;;;;;;1H2;;/q;;;-1;;-1;;;;;;;;;;;;;;;;;;6*+1;;2*-1/p-2/b6-5-;;4-3+;;;;;;;;;;;;;;;;;;;;;;;;;;;;;. The van der Waals surface area contributed by atoms with E-state index in [1.54, 1.807) is 55.6 Å². The second kappa shape index (κ2) is 260. The topological polar surface area (TPSA) is 186 Å². The fourth-order valence-corrected chi connectivity index (χ4v) is 0.333. The zero-order valence-electron chi connectivity index (χ0n) is 66.8. The summed E-state index contributed by atoms with van der Waals surface area (Å²) in [6.45, 7) is 60.4. The van der Waals surface area contributed by atoms with E-state index < -0.39 is 46.9 Å². The van der Waals surface area contributed by atoms with Crippen LogP contribution in [-0.4, -0.2) is 80.0 Å². The van der Waals surface area contributed by atoms with Crippen LogP contribution < -0.4 is 242 Å². The maximum Gasteiger partial charge on any atom is 1.00 e. The van der Waals surface area contributed by atoms with Crippen LogP contribution in [0.3, 0.4) is 0 Å². The van der Waals surface area contributed by atoms with Gasteiger partial charge in [0.15, 0.2) is 5.83 Å². The predicted molar refractivity (Wildman–Crippen MR) is 359 cm³/mol. The van der Waals surface area contributed by atoms with Gasteiger partial charge in [0.2, 0.25) is 0 Å². The molecule has 0 saturated carbocycles. The molecule has 90 heavy (non-hydrogen) atoms. The van der Waals surface area contributed by atoms with E-state index in [2.05, 4.69) is 109 Å². The number of hydrogen-bond donors (Lipinski definition) is 2. The van der Waals surface area contributed by atoms with E-state index in [0.717, 1.165) is 44.8 Å². The first-order valence-corrected chi connectivity index (χ1v) is 28.0. The van der Waals surface area contributed by atoms with Gasteiger partial charge in [-0.3, -0.25) is 4.79 Å². The number of unbranched alkanes of at least 4 members (excludes halogenated alkanes) is 2. The van der Waals surface area contributed by atoms with Crippen molar-refractivity contribution in [3.05, 3.63) is 54.8 Å². The van der Waals surface area contributed by atoms with Gasteiger partial charge >= 0.3 is 250 Å². The maximum atomic E-state index is 11.3. The molecule has 3 N–H and O–H groups in total. The Morgan fingerprint density at radius 1 is 0.622 bits per heavy atom. The van der Waals surface area contributed by atoms with Crippen LogP contribution in [0.5, 0.6) is 0 Å². The molecule has 10 nitrogen and oxygen atoms in total. The Morgan fingerprint density at radius 3 is 0.767 bits per heavy atom. The first-order valence-electron chi connectivity index (χ1n) is 26.8. The van der Waals surface area contributed by atoms with Crippen LogP contribution in [0, 0.1) is 43.5 Å². The van der Waals surface area contributed by atoms with Gasteiger partial charge in [0.1, 0.15) is 29.8 Å². The number of halogens is 11. The van der Waals surface area contributed by atoms with Crippen molar-refractivity contribution in [3.8, 4) is 36.5 Å². The maximum absolute atomic E-state index is 11.3. The molecule has 0 spiro atoms. The monoisotopic (exact) mass is 1550 g/mol. The molecule has 0 fully saturated rings. The number of terminal acetylenes is 2. The summed E-state index contributed by atoms with van der Waals surface area (Å²) >= 11 is 3.15. The van der Waals surface area contributed by atoms with Gasteiger partial charge in [-0.25, -0.2) is 13.2 Å². The smallest absolute Gasteiger partial charge is 1.00 e. The van der Waals surface area contributed by atoms with E-state index in [4.69, 9.17) is 31.5 Å². The van der Waals surface area contributed by atoms with Crippen LogP contribution in [0.25, 0.3) is 0 Å². The number of hydrogen-bond acceptors (Lipinski definition) is 10. The molecule has 525 valence electrons. The Kier molecular flexibility index (Phi) is 574. The average Bonchev–Trinajstić information content (AvgIpc) is 3.44. The van der Waals surface area contributed by atoms with Crippen molar-refractivity contribution in [3.63, 3.8) is 0 Å². The quantitative estimate of drug-likeness (QED) is 0.0442. The molecule has 0 saturated heterocycles. The summed E-state index contributed by atoms with van der Waals surface area (Å²) in [5, 5.41) is 35.8. The van der Waals surface area contributed by atoms with Gasteiger partial charge in [-0.05, 0) is 89.0 Å². The zero-order chi connectivity index (χ0) is 71.3. The van der Waals surface area contributed by atoms with E-state index in [1.165, 1.54) is 39.0 Å². The zero-order valence-corrected chi connectivity index (χ0v) is 81.5. The molecule has 0 heterocycles. The van der Waals surface area contributed by atoms with Crippen LogP contribution >= 0.6 is 32.9 Å². The molecule has 3 radical (unpaired) electrons. The fraction of sp³-hybridized carbons (Fsp3) is 0.710. The van der Waals surface area contributed by atoms with Gasteiger partial charge in [-0.15, -0.1) is 53.2 Å². The molecule has 0 aliphatic heterocycles. The normalized spacial score (nSPS) is 6.68. The van der Waals surface area contributed by atoms with E-state index in [0.29, 0.717) is 13.3 Å². The number of methoxy groups -OCH3 is 1. The van der Waals surface area contributed by atoms with Gasteiger partial charge in [0.05, 0.1) is 0 Å². The van der Waals surface area contributed by atoms with Gasteiger partial charge < -0.3 is 55.0 Å². The van der Waals surface area contributed by atoms with Crippen molar-refractivity contribution in [2.24, 2.45) is 0 Å². The molecule has 0 rings (SSSR count). The summed E-state index contributed by atoms with van der Waals surface area (Å²) in [6.07, 6.45) is 15.2. The minimum Gasteiger partial charge on any atom is -1.00 e. The molecule has 0 aliphatic rings. The molecule has 0 amide bonds. The molecule has 0 aromatic rings. The van der Waals surface area contributed by atoms with E-state index in [-0.39, 0.29) is 279 Å². The second-order valence-electron chi connectivity index (χ2n) is 12.3. The third-order valence-corrected chi connectivity index (χ3v) is 3.47. The van der Waals surface area contributed by atoms with E-state index in [1.807, 2.05) is 104 Å². The summed E-state index contributed by atoms with van der Waals surface area (Å²) in [5.74, 6) is 6.88. The number of aliphatic hydroxyl groups excluding tert-OH is 1. The number of carbonyl (C=O) groups is 3. The van der Waals surface area contributed by atoms with Gasteiger partial charge in [0, 0.05) is 40.5 Å². The SMILES string of the molecule is Br.C#CC.C#CC(C)(C)O.C/C(F)=C(/C)F.CC.CC.CC.CC.CC.CC#CC.CC(C)(C)[O-].CC(F)=C(F)F.CC/C=C\CC.CC=O.CCBr.CCC=O.CCCC.CCO.CCOC.FC(F)=C(F)F.O=CO[O-].[B].[CH2-]CCC.[H-].[H-].[K+].[K+].[K+].[Li+].[Na+].[Na+].[OH-]. The molecule has 0 aliphatic carbocycles. The number of carbonyl (C=O) groups excluding carboxylic acids is 3. The Balaban J connectivity index is -0.0000000137. The third kappa shape index (κ3) is 968. The van der Waals surface area contributed by atoms with Crippen molar-refractivity contribution >= 4 is 60.4 Å². The fourth-order valence-electron chi connectivity index (χ4n) is 0.333. The van der Waals surface area contributed by atoms with E-state index in [9.17, 15) is 49.4 Å². The van der Waals surface area contributed by atoms with Crippen molar-refractivity contribution in [1.82, 2.24) is 0 Å². The second-order valence-corrected chi connectivity index (χ2v) is 13.4. The Labute approximate surface area is 760 Å². The minimum atomic E-state index is -2.91. The Bertz CT molecular complexity index is 1120. The summed E-state index contributed by atoms with van der Waals surface area (Å²) in [5.41, 5.74) is -1.68. The number of ether oxygens (including phenoxy) is 1. The van der Waals surface area contributed by atoms with E-state index >= 15 is 0 Å². The van der Waals surface area contributed by atoms with Crippen LogP contribution in [0.1, 0.15) is 262 Å². The number of aliphatic hydroxyl groups is 2. The molecule has 28 heteroatoms. The minimum absolute atomic E-state index is 0. The Hall–Kier alpha value is 4.11. The third-order valence-electron chi connectivity index (χ3n) is 3.47. The van der Waals surface area contributed by atoms with Crippen LogP contribution in [0.15, 0.2) is 47.9 Å². The average molecular weight is 1550 g/mol. The van der Waals surface area contributed by atoms with Crippen molar-refractivity contribution < 1.29 is 325 Å². The summed E-state index contributed by atoms with van der Waals surface area (Å²) < 4.78 is 101. The summed E-state index contributed by atoms with van der Waals surface area (Å²) in [6, 6.07) is 0. The van der Waals surface area contributed by atoms with Crippen molar-refractivity contribution in [2.45, 2.75) is 271 Å². The number of aldehydes is 2. The predicted octanol–water partition coefficient (Wildman–Crippen LogP) is 2.93.